The summed E-state index contributed by atoms with van der Waals surface area (Å²) in [7, 11) is 0. The molecule has 30 heavy (non-hydrogen) atoms. The Kier molecular flexibility index (Phi) is 7.46. The van der Waals surface area contributed by atoms with E-state index in [4.69, 9.17) is 0 Å². The molecule has 160 valence electrons. The number of anilines is 1. The molecule has 1 saturated heterocycles. The van der Waals surface area contributed by atoms with E-state index in [2.05, 4.69) is 10.6 Å². The maximum atomic E-state index is 12.5. The van der Waals surface area contributed by atoms with Gasteiger partial charge in [-0.05, 0) is 43.0 Å². The Morgan fingerprint density at radius 2 is 1.67 bits per heavy atom. The van der Waals surface area contributed by atoms with Crippen molar-refractivity contribution in [3.8, 4) is 0 Å². The topological polar surface area (TPSA) is 81.8 Å². The second-order valence-corrected chi connectivity index (χ2v) is 8.55. The zero-order valence-corrected chi connectivity index (χ0v) is 18.2. The highest BCUT2D eigenvalue weighted by molar-refractivity contribution is 7.12. The predicted molar refractivity (Wildman–Crippen MR) is 119 cm³/mol. The molecule has 0 aliphatic carbocycles. The molecule has 0 atom stereocenters. The highest BCUT2D eigenvalue weighted by atomic mass is 32.1. The third-order valence-corrected chi connectivity index (χ3v) is 5.72. The van der Waals surface area contributed by atoms with Crippen molar-refractivity contribution in [2.45, 2.75) is 26.3 Å². The summed E-state index contributed by atoms with van der Waals surface area (Å²) in [6.07, 6.45) is 0.339. The zero-order chi connectivity index (χ0) is 21.5. The number of carbonyl (C=O) groups excluding carboxylic acids is 3. The summed E-state index contributed by atoms with van der Waals surface area (Å²) in [4.78, 5) is 41.0. The van der Waals surface area contributed by atoms with E-state index in [-0.39, 0.29) is 30.3 Å². The van der Waals surface area contributed by atoms with Gasteiger partial charge < -0.3 is 20.4 Å². The van der Waals surface area contributed by atoms with E-state index in [0.29, 0.717) is 32.6 Å². The summed E-state index contributed by atoms with van der Waals surface area (Å²) in [6, 6.07) is 11.4. The van der Waals surface area contributed by atoms with Gasteiger partial charge in [0.1, 0.15) is 0 Å². The van der Waals surface area contributed by atoms with Crippen molar-refractivity contribution in [2.24, 2.45) is 0 Å². The second-order valence-electron chi connectivity index (χ2n) is 7.60. The van der Waals surface area contributed by atoms with Gasteiger partial charge in [-0.1, -0.05) is 18.2 Å². The molecule has 0 radical (unpaired) electrons. The summed E-state index contributed by atoms with van der Waals surface area (Å²) in [6.45, 7) is 6.26. The molecule has 1 aliphatic rings. The second kappa shape index (κ2) is 10.2. The average molecular weight is 429 g/mol. The first kappa shape index (κ1) is 21.8. The zero-order valence-electron chi connectivity index (χ0n) is 17.4. The van der Waals surface area contributed by atoms with Gasteiger partial charge in [-0.2, -0.15) is 0 Å². The van der Waals surface area contributed by atoms with E-state index < -0.39 is 0 Å². The Labute approximate surface area is 181 Å². The maximum Gasteiger partial charge on any atom is 0.264 e. The Balaban J connectivity index is 1.41. The molecule has 2 aromatic rings. The van der Waals surface area contributed by atoms with Crippen LogP contribution in [0.15, 0.2) is 41.8 Å². The number of nitrogens with zero attached hydrogens (tertiary/aromatic N) is 2. The number of hydrogen-bond donors (Lipinski definition) is 2. The van der Waals surface area contributed by atoms with E-state index in [9.17, 15) is 14.4 Å². The number of carbonyl (C=O) groups is 3. The van der Waals surface area contributed by atoms with Crippen LogP contribution < -0.4 is 10.6 Å². The molecular formula is C22H28N4O3S. The molecule has 0 saturated carbocycles. The molecule has 8 heteroatoms. The summed E-state index contributed by atoms with van der Waals surface area (Å²) >= 11 is 1.44. The third kappa shape index (κ3) is 6.06. The van der Waals surface area contributed by atoms with Gasteiger partial charge in [0.2, 0.25) is 11.8 Å². The average Bonchev–Trinajstić information content (AvgIpc) is 3.27. The van der Waals surface area contributed by atoms with E-state index in [1.165, 1.54) is 11.3 Å². The lowest BCUT2D eigenvalue weighted by Gasteiger charge is -2.34. The maximum absolute atomic E-state index is 12.5. The Hall–Kier alpha value is -2.87. The third-order valence-electron chi connectivity index (χ3n) is 4.86. The first-order valence-corrected chi connectivity index (χ1v) is 11.0. The fraction of sp³-hybridized carbons (Fsp3) is 0.409. The van der Waals surface area contributed by atoms with Crippen LogP contribution in [-0.4, -0.2) is 66.3 Å². The van der Waals surface area contributed by atoms with Crippen LogP contribution in [0, 0.1) is 0 Å². The van der Waals surface area contributed by atoms with Crippen molar-refractivity contribution < 1.29 is 14.4 Å². The molecule has 3 rings (SSSR count). The Morgan fingerprint density at radius 1 is 1.00 bits per heavy atom. The Bertz CT molecular complexity index is 857. The van der Waals surface area contributed by atoms with Gasteiger partial charge in [-0.15, -0.1) is 11.3 Å². The smallest absolute Gasteiger partial charge is 0.264 e. The molecule has 0 spiro atoms. The number of hydrogen-bond acceptors (Lipinski definition) is 5. The highest BCUT2D eigenvalue weighted by Gasteiger charge is 2.25. The number of rotatable bonds is 7. The first-order chi connectivity index (χ1) is 14.4. The van der Waals surface area contributed by atoms with Crippen LogP contribution >= 0.6 is 11.3 Å². The van der Waals surface area contributed by atoms with Crippen molar-refractivity contribution >= 4 is 34.7 Å². The lowest BCUT2D eigenvalue weighted by Crippen LogP contribution is -2.51. The minimum absolute atomic E-state index is 0.00223. The van der Waals surface area contributed by atoms with E-state index in [1.807, 2.05) is 55.6 Å². The number of amides is 3. The van der Waals surface area contributed by atoms with E-state index >= 15 is 0 Å². The molecule has 0 unspecified atom stereocenters. The van der Waals surface area contributed by atoms with Gasteiger partial charge in [0.15, 0.2) is 0 Å². The monoisotopic (exact) mass is 428 g/mol. The van der Waals surface area contributed by atoms with Crippen molar-refractivity contribution in [3.63, 3.8) is 0 Å². The van der Waals surface area contributed by atoms with Crippen LogP contribution in [0.3, 0.4) is 0 Å². The van der Waals surface area contributed by atoms with E-state index in [0.717, 1.165) is 16.1 Å². The summed E-state index contributed by atoms with van der Waals surface area (Å²) in [5, 5.41) is 7.91. The number of nitrogens with one attached hydrogen (secondary N) is 2. The van der Waals surface area contributed by atoms with Crippen LogP contribution in [0.2, 0.25) is 0 Å². The van der Waals surface area contributed by atoms with Gasteiger partial charge in [0.25, 0.3) is 5.91 Å². The Morgan fingerprint density at radius 3 is 2.27 bits per heavy atom. The molecule has 2 heterocycles. The predicted octanol–water partition coefficient (Wildman–Crippen LogP) is 2.21. The minimum Gasteiger partial charge on any atom is -0.376 e. The van der Waals surface area contributed by atoms with Crippen molar-refractivity contribution in [2.75, 3.05) is 38.0 Å². The quantitative estimate of drug-likeness (QED) is 0.709. The van der Waals surface area contributed by atoms with E-state index in [1.54, 1.807) is 9.80 Å². The summed E-state index contributed by atoms with van der Waals surface area (Å²) in [5.74, 6) is 0.0496. The lowest BCUT2D eigenvalue weighted by molar-refractivity contribution is -0.130. The van der Waals surface area contributed by atoms with Gasteiger partial charge in [-0.25, -0.2) is 0 Å². The van der Waals surface area contributed by atoms with Crippen LogP contribution in [0.25, 0.3) is 0 Å². The van der Waals surface area contributed by atoms with Crippen LogP contribution in [-0.2, 0) is 16.0 Å². The molecule has 3 amide bonds. The molecule has 0 bridgehead atoms. The normalized spacial score (nSPS) is 14.0. The van der Waals surface area contributed by atoms with Crippen molar-refractivity contribution in [1.29, 1.82) is 0 Å². The highest BCUT2D eigenvalue weighted by Crippen LogP contribution is 2.14. The van der Waals surface area contributed by atoms with Gasteiger partial charge in [0.05, 0.1) is 17.8 Å². The van der Waals surface area contributed by atoms with Crippen LogP contribution in [0.4, 0.5) is 5.69 Å². The SMILES string of the molecule is CC(C)NC(=O)Cc1ccc(NCC(=O)N2CCN(C(=O)c3cccs3)CC2)cc1. The molecule has 1 aromatic carbocycles. The fourth-order valence-electron chi connectivity index (χ4n) is 3.30. The first-order valence-electron chi connectivity index (χ1n) is 10.1. The molecular weight excluding hydrogens is 400 g/mol. The summed E-state index contributed by atoms with van der Waals surface area (Å²) < 4.78 is 0. The number of benzene rings is 1. The summed E-state index contributed by atoms with van der Waals surface area (Å²) in [5.41, 5.74) is 1.76. The molecule has 1 aromatic heterocycles. The van der Waals surface area contributed by atoms with Crippen LogP contribution in [0.1, 0.15) is 29.1 Å². The van der Waals surface area contributed by atoms with Crippen LogP contribution in [0.5, 0.6) is 0 Å². The standard InChI is InChI=1S/C22H28N4O3S/c1-16(2)24-20(27)14-17-5-7-18(8-6-17)23-15-21(28)25-9-11-26(12-10-25)22(29)19-4-3-13-30-19/h3-8,13,16,23H,9-12,14-15H2,1-2H3,(H,24,27). The molecule has 7 nitrogen and oxygen atoms in total. The number of thiophene rings is 1. The molecule has 2 N–H and O–H groups in total. The largest absolute Gasteiger partial charge is 0.376 e. The van der Waals surface area contributed by atoms with Crippen molar-refractivity contribution in [1.82, 2.24) is 15.1 Å². The lowest BCUT2D eigenvalue weighted by atomic mass is 10.1. The van der Waals surface area contributed by atoms with Crippen molar-refractivity contribution in [3.05, 3.63) is 52.2 Å². The van der Waals surface area contributed by atoms with Gasteiger partial charge in [0, 0.05) is 37.9 Å². The molecule has 1 fully saturated rings. The fourth-order valence-corrected chi connectivity index (χ4v) is 3.99. The van der Waals surface area contributed by atoms with Gasteiger partial charge in [-0.3, -0.25) is 14.4 Å². The minimum atomic E-state index is -0.00223. The van der Waals surface area contributed by atoms with Gasteiger partial charge >= 0.3 is 0 Å². The number of piperazine rings is 1. The molecule has 1 aliphatic heterocycles.